The summed E-state index contributed by atoms with van der Waals surface area (Å²) in [5, 5.41) is 13.6. The molecule has 0 bridgehead atoms. The lowest BCUT2D eigenvalue weighted by Gasteiger charge is -2.20. The van der Waals surface area contributed by atoms with Gasteiger partial charge in [0, 0.05) is 37.5 Å². The summed E-state index contributed by atoms with van der Waals surface area (Å²) in [4.78, 5) is 37.1. The fourth-order valence-corrected chi connectivity index (χ4v) is 4.14. The molecule has 0 unspecified atom stereocenters. The normalized spacial score (nSPS) is 11.3. The molecular formula is C29H34N4O4S. The molecule has 3 amide bonds. The number of ether oxygens (including phenoxy) is 1. The van der Waals surface area contributed by atoms with Gasteiger partial charge in [0.25, 0.3) is 0 Å². The van der Waals surface area contributed by atoms with E-state index in [2.05, 4.69) is 21.3 Å². The fourth-order valence-electron chi connectivity index (χ4n) is 3.42. The first-order valence-corrected chi connectivity index (χ1v) is 13.2. The first-order chi connectivity index (χ1) is 18.1. The molecule has 0 aliphatic heterocycles. The molecule has 0 spiro atoms. The van der Waals surface area contributed by atoms with Crippen molar-refractivity contribution in [1.82, 2.24) is 10.6 Å². The molecule has 3 rings (SSSR count). The van der Waals surface area contributed by atoms with E-state index in [0.29, 0.717) is 31.0 Å². The first-order valence-electron chi connectivity index (χ1n) is 12.3. The second-order valence-electron chi connectivity index (χ2n) is 9.59. The van der Waals surface area contributed by atoms with Crippen LogP contribution in [-0.4, -0.2) is 36.6 Å². The molecule has 0 atom stereocenters. The third kappa shape index (κ3) is 9.84. The van der Waals surface area contributed by atoms with Gasteiger partial charge in [-0.2, -0.15) is 0 Å². The molecule has 38 heavy (non-hydrogen) atoms. The highest BCUT2D eigenvalue weighted by Crippen LogP contribution is 2.32. The van der Waals surface area contributed by atoms with Crippen LogP contribution in [0.1, 0.15) is 38.8 Å². The predicted molar refractivity (Wildman–Crippen MR) is 154 cm³/mol. The highest BCUT2D eigenvalue weighted by Gasteiger charge is 2.18. The van der Waals surface area contributed by atoms with Crippen molar-refractivity contribution in [3.05, 3.63) is 77.2 Å². The van der Waals surface area contributed by atoms with Crippen LogP contribution in [0.2, 0.25) is 0 Å². The van der Waals surface area contributed by atoms with Crippen molar-refractivity contribution in [3.63, 3.8) is 0 Å². The van der Waals surface area contributed by atoms with Gasteiger partial charge in [-0.3, -0.25) is 14.9 Å². The number of anilines is 2. The maximum atomic E-state index is 12.8. The van der Waals surface area contributed by atoms with Crippen LogP contribution in [-0.2, 0) is 20.9 Å². The minimum Gasteiger partial charge on any atom is -0.444 e. The Hall–Kier alpha value is -3.95. The van der Waals surface area contributed by atoms with Crippen molar-refractivity contribution in [1.29, 1.82) is 0 Å². The standard InChI is InChI=1S/C29H34N4O4S/c1-20(34)31-16-15-30-19-22-9-7-21(8-10-22)11-14-27(35)32-25-18-23(26-6-5-17-38-26)12-13-24(25)33-28(36)37-29(2,3)4/h5-14,17-18,30H,15-16,19H2,1-4H3,(H,31,34)(H,32,35)(H,33,36)/b14-11+. The number of carbonyl (C=O) groups is 3. The van der Waals surface area contributed by atoms with Crippen LogP contribution >= 0.6 is 11.3 Å². The van der Waals surface area contributed by atoms with Crippen molar-refractivity contribution in [2.75, 3.05) is 23.7 Å². The van der Waals surface area contributed by atoms with Crippen molar-refractivity contribution >= 4 is 46.7 Å². The van der Waals surface area contributed by atoms with Crippen LogP contribution < -0.4 is 21.3 Å². The van der Waals surface area contributed by atoms with Crippen LogP contribution in [0.4, 0.5) is 16.2 Å². The van der Waals surface area contributed by atoms with Gasteiger partial charge in [0.2, 0.25) is 11.8 Å². The Morgan fingerprint density at radius 3 is 2.37 bits per heavy atom. The van der Waals surface area contributed by atoms with Gasteiger partial charge in [-0.05, 0) is 67.1 Å². The molecule has 0 radical (unpaired) electrons. The van der Waals surface area contributed by atoms with Crippen molar-refractivity contribution < 1.29 is 19.1 Å². The second kappa shape index (κ2) is 13.6. The predicted octanol–water partition coefficient (Wildman–Crippen LogP) is 5.64. The number of hydrogen-bond donors (Lipinski definition) is 4. The van der Waals surface area contributed by atoms with E-state index in [-0.39, 0.29) is 11.8 Å². The lowest BCUT2D eigenvalue weighted by atomic mass is 10.1. The molecule has 200 valence electrons. The zero-order valence-corrected chi connectivity index (χ0v) is 22.9. The number of hydrogen-bond acceptors (Lipinski definition) is 6. The summed E-state index contributed by atoms with van der Waals surface area (Å²) in [7, 11) is 0. The molecule has 1 heterocycles. The van der Waals surface area contributed by atoms with E-state index < -0.39 is 11.7 Å². The number of nitrogens with one attached hydrogen (secondary N) is 4. The minimum atomic E-state index is -0.647. The maximum absolute atomic E-state index is 12.8. The Morgan fingerprint density at radius 2 is 1.71 bits per heavy atom. The zero-order chi connectivity index (χ0) is 27.5. The van der Waals surface area contributed by atoms with Gasteiger partial charge in [0.1, 0.15) is 5.60 Å². The highest BCUT2D eigenvalue weighted by molar-refractivity contribution is 7.13. The Balaban J connectivity index is 1.64. The molecule has 3 aromatic rings. The largest absolute Gasteiger partial charge is 0.444 e. The maximum Gasteiger partial charge on any atom is 0.412 e. The summed E-state index contributed by atoms with van der Waals surface area (Å²) in [6, 6.07) is 17.3. The van der Waals surface area contributed by atoms with Crippen molar-refractivity contribution in [2.45, 2.75) is 39.8 Å². The molecule has 9 heteroatoms. The summed E-state index contributed by atoms with van der Waals surface area (Å²) < 4.78 is 5.37. The molecule has 2 aromatic carbocycles. The Morgan fingerprint density at radius 1 is 0.947 bits per heavy atom. The van der Waals surface area contributed by atoms with Crippen LogP contribution in [0, 0.1) is 0 Å². The average molecular weight is 535 g/mol. The summed E-state index contributed by atoms with van der Waals surface area (Å²) in [5.74, 6) is -0.373. The molecule has 4 N–H and O–H groups in total. The van der Waals surface area contributed by atoms with Gasteiger partial charge in [-0.25, -0.2) is 4.79 Å². The third-order valence-corrected chi connectivity index (χ3v) is 6.05. The third-order valence-electron chi connectivity index (χ3n) is 5.13. The van der Waals surface area contributed by atoms with Gasteiger partial charge >= 0.3 is 6.09 Å². The highest BCUT2D eigenvalue weighted by atomic mass is 32.1. The molecule has 1 aromatic heterocycles. The van der Waals surface area contributed by atoms with Gasteiger partial charge < -0.3 is 20.7 Å². The number of thiophene rings is 1. The average Bonchev–Trinajstić information content (AvgIpc) is 3.38. The molecule has 0 aliphatic carbocycles. The van der Waals surface area contributed by atoms with Gasteiger partial charge in [0.15, 0.2) is 0 Å². The monoisotopic (exact) mass is 534 g/mol. The Bertz CT molecular complexity index is 1260. The second-order valence-corrected chi connectivity index (χ2v) is 10.5. The summed E-state index contributed by atoms with van der Waals surface area (Å²) in [6.07, 6.45) is 2.58. The van der Waals surface area contributed by atoms with Crippen LogP contribution in [0.25, 0.3) is 16.5 Å². The Kier molecular flexibility index (Phi) is 10.2. The van der Waals surface area contributed by atoms with Gasteiger partial charge in [0.05, 0.1) is 11.4 Å². The molecule has 0 aliphatic rings. The number of amides is 3. The van der Waals surface area contributed by atoms with E-state index in [4.69, 9.17) is 4.74 Å². The lowest BCUT2D eigenvalue weighted by molar-refractivity contribution is -0.119. The SMILES string of the molecule is CC(=O)NCCNCc1ccc(/C=C/C(=O)Nc2cc(-c3cccs3)ccc2NC(=O)OC(C)(C)C)cc1. The van der Waals surface area contributed by atoms with E-state index in [0.717, 1.165) is 21.6 Å². The summed E-state index contributed by atoms with van der Waals surface area (Å²) >= 11 is 1.59. The number of carbonyl (C=O) groups excluding carboxylic acids is 3. The molecule has 0 fully saturated rings. The Labute approximate surface area is 227 Å². The zero-order valence-electron chi connectivity index (χ0n) is 22.1. The fraction of sp³-hybridized carbons (Fsp3) is 0.276. The number of benzene rings is 2. The van der Waals surface area contributed by atoms with Crippen LogP contribution in [0.5, 0.6) is 0 Å². The van der Waals surface area contributed by atoms with Gasteiger partial charge in [-0.1, -0.05) is 36.4 Å². The van der Waals surface area contributed by atoms with Crippen molar-refractivity contribution in [2.24, 2.45) is 0 Å². The van der Waals surface area contributed by atoms with E-state index in [9.17, 15) is 14.4 Å². The molecule has 8 nitrogen and oxygen atoms in total. The molecule has 0 saturated carbocycles. The quantitative estimate of drug-likeness (QED) is 0.199. The van der Waals surface area contributed by atoms with E-state index in [1.807, 2.05) is 53.9 Å². The van der Waals surface area contributed by atoms with E-state index in [1.165, 1.54) is 13.0 Å². The summed E-state index contributed by atoms with van der Waals surface area (Å²) in [5.41, 5.74) is 3.16. The number of rotatable bonds is 10. The molecule has 0 saturated heterocycles. The topological polar surface area (TPSA) is 109 Å². The van der Waals surface area contributed by atoms with E-state index in [1.54, 1.807) is 44.3 Å². The van der Waals surface area contributed by atoms with Gasteiger partial charge in [-0.15, -0.1) is 11.3 Å². The minimum absolute atomic E-state index is 0.0438. The smallest absolute Gasteiger partial charge is 0.412 e. The van der Waals surface area contributed by atoms with E-state index >= 15 is 0 Å². The lowest BCUT2D eigenvalue weighted by Crippen LogP contribution is -2.29. The first kappa shape index (κ1) is 28.6. The summed E-state index contributed by atoms with van der Waals surface area (Å²) in [6.45, 7) is 8.80. The van der Waals surface area contributed by atoms with Crippen LogP contribution in [0.15, 0.2) is 66.1 Å². The van der Waals surface area contributed by atoms with Crippen molar-refractivity contribution in [3.8, 4) is 10.4 Å². The van der Waals surface area contributed by atoms with Crippen LogP contribution in [0.3, 0.4) is 0 Å². The molecular weight excluding hydrogens is 500 g/mol.